The zero-order valence-electron chi connectivity index (χ0n) is 17.6. The van der Waals surface area contributed by atoms with Gasteiger partial charge in [0.15, 0.2) is 0 Å². The molecule has 1 fully saturated rings. The number of nitrogens with one attached hydrogen (secondary N) is 1. The monoisotopic (exact) mass is 478 g/mol. The first-order valence-corrected chi connectivity index (χ1v) is 10.6. The van der Waals surface area contributed by atoms with Crippen molar-refractivity contribution >= 4 is 44.5 Å². The molecule has 2 heterocycles. The summed E-state index contributed by atoms with van der Waals surface area (Å²) in [6.07, 6.45) is 3.05. The van der Waals surface area contributed by atoms with Gasteiger partial charge in [0.2, 0.25) is 0 Å². The third kappa shape index (κ3) is 4.95. The second-order valence-electron chi connectivity index (χ2n) is 8.32. The first-order valence-electron chi connectivity index (χ1n) is 9.79. The average Bonchev–Trinajstić information content (AvgIpc) is 2.66. The molecular formula is C21H27BrN4O4. The number of hydrogen-bond acceptors (Lipinski definition) is 6. The molecule has 3 rings (SSSR count). The molecule has 1 aromatic heterocycles. The molecule has 30 heavy (non-hydrogen) atoms. The Morgan fingerprint density at radius 3 is 2.67 bits per heavy atom. The molecule has 2 amide bonds. The summed E-state index contributed by atoms with van der Waals surface area (Å²) in [5.41, 5.74) is 5.27. The second-order valence-corrected chi connectivity index (χ2v) is 9.18. The number of fused-ring (bicyclic) bond motifs is 1. The maximum absolute atomic E-state index is 12.2. The molecular weight excluding hydrogens is 452 g/mol. The van der Waals surface area contributed by atoms with E-state index in [0.717, 1.165) is 40.4 Å². The van der Waals surface area contributed by atoms with Gasteiger partial charge in [0, 0.05) is 40.6 Å². The van der Waals surface area contributed by atoms with Crippen molar-refractivity contribution in [1.82, 2.24) is 10.3 Å². The lowest BCUT2D eigenvalue weighted by Crippen LogP contribution is -2.49. The molecule has 1 aliphatic heterocycles. The fourth-order valence-electron chi connectivity index (χ4n) is 3.59. The summed E-state index contributed by atoms with van der Waals surface area (Å²) in [5.74, 6) is 0.605. The molecule has 0 unspecified atom stereocenters. The van der Waals surface area contributed by atoms with Crippen molar-refractivity contribution in [2.75, 3.05) is 25.1 Å². The number of anilines is 1. The van der Waals surface area contributed by atoms with Crippen molar-refractivity contribution in [3.63, 3.8) is 0 Å². The molecule has 3 N–H and O–H groups in total. The maximum atomic E-state index is 12.2. The number of alkyl carbamates (subject to hydrolysis) is 1. The fraction of sp³-hybridized carbons (Fsp3) is 0.476. The van der Waals surface area contributed by atoms with E-state index in [1.807, 2.05) is 20.8 Å². The summed E-state index contributed by atoms with van der Waals surface area (Å²) in [4.78, 5) is 30.7. The van der Waals surface area contributed by atoms with Gasteiger partial charge in [-0.1, -0.05) is 0 Å². The predicted octanol–water partition coefficient (Wildman–Crippen LogP) is 3.60. The number of ether oxygens (including phenoxy) is 2. The zero-order valence-corrected chi connectivity index (χ0v) is 19.2. The smallest absolute Gasteiger partial charge is 0.407 e. The number of amides is 2. The van der Waals surface area contributed by atoms with Gasteiger partial charge in [-0.05, 0) is 61.7 Å². The largest absolute Gasteiger partial charge is 0.496 e. The Bertz CT molecular complexity index is 974. The SMILES string of the molecule is COc1cc2c(N3CCC[C@H](NC(=O)OC(C)(C)C)C3)ncc(Br)c2cc1C(N)=O. The molecule has 0 radical (unpaired) electrons. The molecule has 1 saturated heterocycles. The van der Waals surface area contributed by atoms with Crippen LogP contribution in [0.3, 0.4) is 0 Å². The van der Waals surface area contributed by atoms with Crippen molar-refractivity contribution in [3.05, 3.63) is 28.4 Å². The first kappa shape index (κ1) is 22.1. The summed E-state index contributed by atoms with van der Waals surface area (Å²) >= 11 is 3.51. The minimum Gasteiger partial charge on any atom is -0.496 e. The first-order chi connectivity index (χ1) is 14.1. The van der Waals surface area contributed by atoms with E-state index in [4.69, 9.17) is 15.2 Å². The number of benzene rings is 1. The van der Waals surface area contributed by atoms with E-state index >= 15 is 0 Å². The summed E-state index contributed by atoms with van der Waals surface area (Å²) in [6.45, 7) is 6.92. The molecule has 0 saturated carbocycles. The molecule has 1 aliphatic rings. The number of nitrogens with zero attached hydrogens (tertiary/aromatic N) is 2. The van der Waals surface area contributed by atoms with Gasteiger partial charge in [0.25, 0.3) is 5.91 Å². The van der Waals surface area contributed by atoms with Crippen LogP contribution in [0, 0.1) is 0 Å². The molecule has 2 aromatic rings. The van der Waals surface area contributed by atoms with E-state index in [1.54, 1.807) is 18.3 Å². The van der Waals surface area contributed by atoms with Gasteiger partial charge in [0.1, 0.15) is 17.2 Å². The third-order valence-corrected chi connectivity index (χ3v) is 5.48. The van der Waals surface area contributed by atoms with Crippen molar-refractivity contribution in [3.8, 4) is 5.75 Å². The number of halogens is 1. The Morgan fingerprint density at radius 1 is 1.30 bits per heavy atom. The molecule has 1 atom stereocenters. The summed E-state index contributed by atoms with van der Waals surface area (Å²) < 4.78 is 11.5. The van der Waals surface area contributed by atoms with Crippen LogP contribution < -0.4 is 20.7 Å². The molecule has 0 spiro atoms. The van der Waals surface area contributed by atoms with Crippen LogP contribution in [0.5, 0.6) is 5.75 Å². The molecule has 9 heteroatoms. The molecule has 162 valence electrons. The maximum Gasteiger partial charge on any atom is 0.407 e. The van der Waals surface area contributed by atoms with E-state index in [1.165, 1.54) is 7.11 Å². The van der Waals surface area contributed by atoms with Crippen LogP contribution in [-0.4, -0.2) is 48.8 Å². The summed E-state index contributed by atoms with van der Waals surface area (Å²) in [6, 6.07) is 3.44. The second kappa shape index (κ2) is 8.67. The van der Waals surface area contributed by atoms with Crippen molar-refractivity contribution in [2.45, 2.75) is 45.3 Å². The lowest BCUT2D eigenvalue weighted by atomic mass is 10.0. The quantitative estimate of drug-likeness (QED) is 0.694. The van der Waals surface area contributed by atoms with E-state index in [-0.39, 0.29) is 6.04 Å². The fourth-order valence-corrected chi connectivity index (χ4v) is 4.02. The van der Waals surface area contributed by atoms with Crippen LogP contribution in [-0.2, 0) is 4.74 Å². The van der Waals surface area contributed by atoms with Gasteiger partial charge in [-0.15, -0.1) is 0 Å². The molecule has 8 nitrogen and oxygen atoms in total. The van der Waals surface area contributed by atoms with Crippen LogP contribution in [0.1, 0.15) is 44.0 Å². The molecule has 1 aromatic carbocycles. The van der Waals surface area contributed by atoms with Crippen molar-refractivity contribution in [1.29, 1.82) is 0 Å². The topological polar surface area (TPSA) is 107 Å². The minimum absolute atomic E-state index is 0.0547. The van der Waals surface area contributed by atoms with Gasteiger partial charge < -0.3 is 25.4 Å². The number of carbonyl (C=O) groups excluding carboxylic acids is 2. The highest BCUT2D eigenvalue weighted by molar-refractivity contribution is 9.10. The van der Waals surface area contributed by atoms with Gasteiger partial charge in [-0.3, -0.25) is 4.79 Å². The van der Waals surface area contributed by atoms with Crippen molar-refractivity contribution < 1.29 is 19.1 Å². The Kier molecular flexibility index (Phi) is 6.40. The van der Waals surface area contributed by atoms with Crippen molar-refractivity contribution in [2.24, 2.45) is 5.73 Å². The van der Waals surface area contributed by atoms with E-state index in [2.05, 4.69) is 31.1 Å². The number of hydrogen-bond donors (Lipinski definition) is 2. The van der Waals surface area contributed by atoms with Gasteiger partial charge in [-0.2, -0.15) is 0 Å². The summed E-state index contributed by atoms with van der Waals surface area (Å²) in [5, 5.41) is 4.61. The van der Waals surface area contributed by atoms with Crippen LogP contribution >= 0.6 is 15.9 Å². The van der Waals surface area contributed by atoms with E-state index in [0.29, 0.717) is 17.9 Å². The lowest BCUT2D eigenvalue weighted by molar-refractivity contribution is 0.0499. The molecule has 0 aliphatic carbocycles. The van der Waals surface area contributed by atoms with Crippen LogP contribution in [0.4, 0.5) is 10.6 Å². The number of nitrogens with two attached hydrogens (primary N) is 1. The highest BCUT2D eigenvalue weighted by Gasteiger charge is 2.26. The normalized spacial score (nSPS) is 17.0. The predicted molar refractivity (Wildman–Crippen MR) is 119 cm³/mol. The van der Waals surface area contributed by atoms with Crippen LogP contribution in [0.2, 0.25) is 0 Å². The van der Waals surface area contributed by atoms with E-state index < -0.39 is 17.6 Å². The number of primary amides is 1. The third-order valence-electron chi connectivity index (χ3n) is 4.85. The number of methoxy groups -OCH3 is 1. The van der Waals surface area contributed by atoms with Crippen LogP contribution in [0.25, 0.3) is 10.8 Å². The number of pyridine rings is 1. The number of piperidine rings is 1. The highest BCUT2D eigenvalue weighted by Crippen LogP contribution is 2.36. The Balaban J connectivity index is 1.91. The van der Waals surface area contributed by atoms with E-state index in [9.17, 15) is 9.59 Å². The Hall–Kier alpha value is -2.55. The average molecular weight is 479 g/mol. The lowest BCUT2D eigenvalue weighted by Gasteiger charge is -2.35. The van der Waals surface area contributed by atoms with Gasteiger partial charge in [0.05, 0.1) is 12.7 Å². The van der Waals surface area contributed by atoms with Gasteiger partial charge >= 0.3 is 6.09 Å². The van der Waals surface area contributed by atoms with Gasteiger partial charge in [-0.25, -0.2) is 9.78 Å². The summed E-state index contributed by atoms with van der Waals surface area (Å²) in [7, 11) is 1.50. The zero-order chi connectivity index (χ0) is 22.1. The standard InChI is InChI=1S/C21H27BrN4O4/c1-21(2,3)30-20(28)25-12-6-5-7-26(11-12)19-14-9-17(29-4)15(18(23)27)8-13(14)16(22)10-24-19/h8-10,12H,5-7,11H2,1-4H3,(H2,23,27)(H,25,28)/t12-/m0/s1. The molecule has 0 bridgehead atoms. The number of rotatable bonds is 4. The Labute approximate surface area is 184 Å². The minimum atomic E-state index is -0.557. The number of carbonyl (C=O) groups is 2. The Morgan fingerprint density at radius 2 is 2.03 bits per heavy atom. The van der Waals surface area contributed by atoms with Crippen LogP contribution in [0.15, 0.2) is 22.8 Å². The number of aromatic nitrogens is 1. The highest BCUT2D eigenvalue weighted by atomic mass is 79.9.